The van der Waals surface area contributed by atoms with Gasteiger partial charge in [0.2, 0.25) is 0 Å². The van der Waals surface area contributed by atoms with E-state index in [-0.39, 0.29) is 6.10 Å². The van der Waals surface area contributed by atoms with Crippen LogP contribution in [0.1, 0.15) is 24.5 Å². The number of aliphatic hydroxyl groups is 2. The minimum absolute atomic E-state index is 0.312. The van der Waals surface area contributed by atoms with Crippen molar-refractivity contribution in [3.05, 3.63) is 48.6 Å². The predicted octanol–water partition coefficient (Wildman–Crippen LogP) is 1.81. The van der Waals surface area contributed by atoms with Crippen LogP contribution in [0.3, 0.4) is 0 Å². The minimum Gasteiger partial charge on any atom is -0.388 e. The van der Waals surface area contributed by atoms with Crippen LogP contribution in [0, 0.1) is 0 Å². The van der Waals surface area contributed by atoms with Crippen LogP contribution in [0.5, 0.6) is 0 Å². The monoisotopic (exact) mass is 234 g/mol. The summed E-state index contributed by atoms with van der Waals surface area (Å²) in [6.07, 6.45) is 0.834. The van der Waals surface area contributed by atoms with Crippen LogP contribution in [0.2, 0.25) is 0 Å². The van der Waals surface area contributed by atoms with Crippen molar-refractivity contribution in [2.45, 2.75) is 37.3 Å². The third-order valence-corrected chi connectivity index (χ3v) is 3.15. The van der Waals surface area contributed by atoms with Gasteiger partial charge in [0, 0.05) is 0 Å². The number of hydrogen-bond acceptors (Lipinski definition) is 3. The number of aliphatic hydroxyl groups excluding tert-OH is 2. The van der Waals surface area contributed by atoms with E-state index in [1.54, 1.807) is 6.08 Å². The molecule has 1 saturated heterocycles. The van der Waals surface area contributed by atoms with Gasteiger partial charge in [0.1, 0.15) is 18.3 Å². The van der Waals surface area contributed by atoms with Gasteiger partial charge in [-0.25, -0.2) is 0 Å². The van der Waals surface area contributed by atoms with E-state index in [4.69, 9.17) is 4.74 Å². The molecule has 0 amide bonds. The van der Waals surface area contributed by atoms with Crippen molar-refractivity contribution in [2.24, 2.45) is 0 Å². The Morgan fingerprint density at radius 1 is 1.18 bits per heavy atom. The third-order valence-electron chi connectivity index (χ3n) is 3.15. The van der Waals surface area contributed by atoms with Crippen molar-refractivity contribution >= 4 is 0 Å². The number of rotatable bonds is 4. The van der Waals surface area contributed by atoms with Crippen LogP contribution in [0.4, 0.5) is 0 Å². The fourth-order valence-electron chi connectivity index (χ4n) is 2.19. The lowest BCUT2D eigenvalue weighted by atomic mass is 10.0. The first-order chi connectivity index (χ1) is 8.24. The second kappa shape index (κ2) is 5.45. The van der Waals surface area contributed by atoms with Gasteiger partial charge in [-0.05, 0) is 18.4 Å². The van der Waals surface area contributed by atoms with Gasteiger partial charge in [-0.1, -0.05) is 36.4 Å². The molecule has 2 N–H and O–H groups in total. The first-order valence-corrected chi connectivity index (χ1v) is 5.91. The van der Waals surface area contributed by atoms with Crippen molar-refractivity contribution in [3.8, 4) is 0 Å². The number of benzene rings is 1. The molecule has 1 aliphatic heterocycles. The van der Waals surface area contributed by atoms with Crippen LogP contribution in [-0.2, 0) is 4.74 Å². The van der Waals surface area contributed by atoms with Crippen molar-refractivity contribution in [1.82, 2.24) is 0 Å². The van der Waals surface area contributed by atoms with Gasteiger partial charge in [0.05, 0.1) is 6.10 Å². The lowest BCUT2D eigenvalue weighted by Gasteiger charge is -2.14. The maximum atomic E-state index is 9.98. The third kappa shape index (κ3) is 2.57. The molecule has 0 aliphatic carbocycles. The SMILES string of the molecule is C=CCC[C@@H]1O[C@H](c2ccccc2)[C@@H](O)[C@@H]1O. The van der Waals surface area contributed by atoms with Gasteiger partial charge in [-0.2, -0.15) is 0 Å². The summed E-state index contributed by atoms with van der Waals surface area (Å²) in [5.74, 6) is 0. The molecular weight excluding hydrogens is 216 g/mol. The van der Waals surface area contributed by atoms with Gasteiger partial charge < -0.3 is 14.9 Å². The fraction of sp³-hybridized carbons (Fsp3) is 0.429. The maximum Gasteiger partial charge on any atom is 0.113 e. The van der Waals surface area contributed by atoms with Gasteiger partial charge in [0.25, 0.3) is 0 Å². The van der Waals surface area contributed by atoms with Gasteiger partial charge in [-0.15, -0.1) is 6.58 Å². The van der Waals surface area contributed by atoms with Crippen molar-refractivity contribution < 1.29 is 14.9 Å². The van der Waals surface area contributed by atoms with Crippen molar-refractivity contribution in [1.29, 1.82) is 0 Å². The van der Waals surface area contributed by atoms with E-state index in [2.05, 4.69) is 6.58 Å². The minimum atomic E-state index is -0.854. The summed E-state index contributed by atoms with van der Waals surface area (Å²) in [4.78, 5) is 0. The molecule has 2 rings (SSSR count). The van der Waals surface area contributed by atoms with Crippen LogP contribution in [0.25, 0.3) is 0 Å². The molecular formula is C14H18O3. The molecule has 0 aromatic heterocycles. The van der Waals surface area contributed by atoms with E-state index in [0.717, 1.165) is 12.0 Å². The zero-order valence-electron chi connectivity index (χ0n) is 9.70. The molecule has 92 valence electrons. The Labute approximate surface area is 101 Å². The Morgan fingerprint density at radius 3 is 2.53 bits per heavy atom. The summed E-state index contributed by atoms with van der Waals surface area (Å²) in [6.45, 7) is 3.64. The molecule has 1 fully saturated rings. The zero-order chi connectivity index (χ0) is 12.3. The smallest absolute Gasteiger partial charge is 0.113 e. The molecule has 4 atom stereocenters. The molecule has 3 nitrogen and oxygen atoms in total. The highest BCUT2D eigenvalue weighted by molar-refractivity contribution is 5.20. The first-order valence-electron chi connectivity index (χ1n) is 5.91. The molecule has 1 aliphatic rings. The molecule has 17 heavy (non-hydrogen) atoms. The average Bonchev–Trinajstić information content (AvgIpc) is 2.65. The predicted molar refractivity (Wildman–Crippen MR) is 65.5 cm³/mol. The van der Waals surface area contributed by atoms with Crippen molar-refractivity contribution in [2.75, 3.05) is 0 Å². The highest BCUT2D eigenvalue weighted by Gasteiger charge is 2.42. The Hall–Kier alpha value is -1.16. The van der Waals surface area contributed by atoms with Crippen LogP contribution in [-0.4, -0.2) is 28.5 Å². The summed E-state index contributed by atoms with van der Waals surface area (Å²) >= 11 is 0. The molecule has 0 bridgehead atoms. The van der Waals surface area contributed by atoms with E-state index in [9.17, 15) is 10.2 Å². The molecule has 1 aromatic rings. The van der Waals surface area contributed by atoms with E-state index < -0.39 is 18.3 Å². The van der Waals surface area contributed by atoms with Crippen LogP contribution < -0.4 is 0 Å². The Bertz CT molecular complexity index is 363. The lowest BCUT2D eigenvalue weighted by Crippen LogP contribution is -2.30. The lowest BCUT2D eigenvalue weighted by molar-refractivity contribution is 0.00363. The van der Waals surface area contributed by atoms with Gasteiger partial charge in [-0.3, -0.25) is 0 Å². The number of hydrogen-bond donors (Lipinski definition) is 2. The molecule has 0 radical (unpaired) electrons. The second-order valence-corrected chi connectivity index (χ2v) is 4.35. The van der Waals surface area contributed by atoms with Gasteiger partial charge >= 0.3 is 0 Å². The van der Waals surface area contributed by atoms with E-state index in [0.29, 0.717) is 6.42 Å². The molecule has 0 spiro atoms. The number of ether oxygens (including phenoxy) is 1. The van der Waals surface area contributed by atoms with Crippen molar-refractivity contribution in [3.63, 3.8) is 0 Å². The maximum absolute atomic E-state index is 9.98. The normalized spacial score (nSPS) is 32.6. The summed E-state index contributed by atoms with van der Waals surface area (Å²) in [6, 6.07) is 9.51. The molecule has 3 heteroatoms. The van der Waals surface area contributed by atoms with Gasteiger partial charge in [0.15, 0.2) is 0 Å². The van der Waals surface area contributed by atoms with Crippen LogP contribution in [0.15, 0.2) is 43.0 Å². The topological polar surface area (TPSA) is 49.7 Å². The van der Waals surface area contributed by atoms with E-state index in [1.165, 1.54) is 0 Å². The highest BCUT2D eigenvalue weighted by Crippen LogP contribution is 2.35. The largest absolute Gasteiger partial charge is 0.388 e. The van der Waals surface area contributed by atoms with Crippen LogP contribution >= 0.6 is 0 Å². The summed E-state index contributed by atoms with van der Waals surface area (Å²) in [7, 11) is 0. The Kier molecular flexibility index (Phi) is 3.94. The van der Waals surface area contributed by atoms with E-state index in [1.807, 2.05) is 30.3 Å². The molecule has 0 saturated carbocycles. The molecule has 1 heterocycles. The first kappa shape index (κ1) is 12.3. The molecule has 1 aromatic carbocycles. The summed E-state index contributed by atoms with van der Waals surface area (Å²) in [5, 5.41) is 19.9. The Morgan fingerprint density at radius 2 is 1.88 bits per heavy atom. The quantitative estimate of drug-likeness (QED) is 0.781. The average molecular weight is 234 g/mol. The fourth-order valence-corrected chi connectivity index (χ4v) is 2.19. The number of allylic oxidation sites excluding steroid dienone is 1. The Balaban J connectivity index is 2.08. The summed E-state index contributed by atoms with van der Waals surface area (Å²) in [5.41, 5.74) is 0.903. The standard InChI is InChI=1S/C14H18O3/c1-2-3-9-11-12(15)13(16)14(17-11)10-7-5-4-6-8-10/h2,4-8,11-16H,1,3,9H2/t11-,12+,13-,14+/m0/s1. The zero-order valence-corrected chi connectivity index (χ0v) is 9.70. The highest BCUT2D eigenvalue weighted by atomic mass is 16.5. The second-order valence-electron chi connectivity index (χ2n) is 4.35. The molecule has 0 unspecified atom stereocenters. The summed E-state index contributed by atoms with van der Waals surface area (Å²) < 4.78 is 5.73. The van der Waals surface area contributed by atoms with E-state index >= 15 is 0 Å².